The van der Waals surface area contributed by atoms with Crippen LogP contribution in [0.1, 0.15) is 22.8 Å². The van der Waals surface area contributed by atoms with Crippen molar-refractivity contribution in [1.29, 1.82) is 0 Å². The van der Waals surface area contributed by atoms with E-state index in [9.17, 15) is 4.79 Å². The third kappa shape index (κ3) is 3.60. The zero-order chi connectivity index (χ0) is 14.4. The molecule has 20 heavy (non-hydrogen) atoms. The van der Waals surface area contributed by atoms with E-state index in [0.29, 0.717) is 18.7 Å². The third-order valence-electron chi connectivity index (χ3n) is 2.97. The molecule has 0 radical (unpaired) electrons. The number of anilines is 1. The molecule has 1 aromatic heterocycles. The van der Waals surface area contributed by atoms with Crippen molar-refractivity contribution in [3.63, 3.8) is 0 Å². The molecular weight excluding hydrogens is 252 g/mol. The van der Waals surface area contributed by atoms with Gasteiger partial charge in [0.15, 0.2) is 0 Å². The van der Waals surface area contributed by atoms with Gasteiger partial charge in [0.2, 0.25) is 0 Å². The highest BCUT2D eigenvalue weighted by Crippen LogP contribution is 2.17. The van der Waals surface area contributed by atoms with Crippen LogP contribution in [0.15, 0.2) is 36.7 Å². The lowest BCUT2D eigenvalue weighted by molar-refractivity contribution is 0.0952. The Morgan fingerprint density at radius 1 is 1.40 bits per heavy atom. The van der Waals surface area contributed by atoms with Crippen molar-refractivity contribution < 1.29 is 4.79 Å². The molecule has 2 aromatic rings. The van der Waals surface area contributed by atoms with Crippen molar-refractivity contribution in [3.05, 3.63) is 47.8 Å². The molecule has 0 aliphatic heterocycles. The van der Waals surface area contributed by atoms with Gasteiger partial charge in [-0.1, -0.05) is 6.07 Å². The SMILES string of the molecule is CCNc1cc(C)ccc1C(=O)NCCn1cccn1. The molecule has 0 unspecified atom stereocenters. The largest absolute Gasteiger partial charge is 0.385 e. The Labute approximate surface area is 119 Å². The topological polar surface area (TPSA) is 59.0 Å². The van der Waals surface area contributed by atoms with Crippen LogP contribution in [0.25, 0.3) is 0 Å². The number of carbonyl (C=O) groups excluding carboxylic acids is 1. The van der Waals surface area contributed by atoms with Gasteiger partial charge >= 0.3 is 0 Å². The fourth-order valence-electron chi connectivity index (χ4n) is 2.00. The normalized spacial score (nSPS) is 10.3. The van der Waals surface area contributed by atoms with E-state index in [-0.39, 0.29) is 5.91 Å². The number of amides is 1. The Kier molecular flexibility index (Phi) is 4.76. The van der Waals surface area contributed by atoms with E-state index in [0.717, 1.165) is 17.8 Å². The van der Waals surface area contributed by atoms with Gasteiger partial charge < -0.3 is 10.6 Å². The maximum atomic E-state index is 12.2. The summed E-state index contributed by atoms with van der Waals surface area (Å²) in [5, 5.41) is 10.2. The number of nitrogens with zero attached hydrogens (tertiary/aromatic N) is 2. The average Bonchev–Trinajstić information content (AvgIpc) is 2.92. The van der Waals surface area contributed by atoms with Crippen LogP contribution >= 0.6 is 0 Å². The van der Waals surface area contributed by atoms with E-state index < -0.39 is 0 Å². The number of rotatable bonds is 6. The van der Waals surface area contributed by atoms with Gasteiger partial charge in [-0.05, 0) is 37.6 Å². The van der Waals surface area contributed by atoms with Crippen LogP contribution in [-0.2, 0) is 6.54 Å². The highest BCUT2D eigenvalue weighted by atomic mass is 16.1. The summed E-state index contributed by atoms with van der Waals surface area (Å²) >= 11 is 0. The Morgan fingerprint density at radius 3 is 2.95 bits per heavy atom. The van der Waals surface area contributed by atoms with Crippen molar-refractivity contribution in [2.45, 2.75) is 20.4 Å². The Morgan fingerprint density at radius 2 is 2.25 bits per heavy atom. The summed E-state index contributed by atoms with van der Waals surface area (Å²) in [5.74, 6) is -0.0619. The molecule has 1 amide bonds. The molecule has 0 saturated carbocycles. The molecule has 0 fully saturated rings. The van der Waals surface area contributed by atoms with Crippen molar-refractivity contribution in [3.8, 4) is 0 Å². The molecule has 2 rings (SSSR count). The molecule has 0 aliphatic rings. The van der Waals surface area contributed by atoms with Gasteiger partial charge in [-0.2, -0.15) is 5.10 Å². The standard InChI is InChI=1S/C15H20N4O/c1-3-16-14-11-12(2)5-6-13(14)15(20)17-8-10-19-9-4-7-18-19/h4-7,9,11,16H,3,8,10H2,1-2H3,(H,17,20). The van der Waals surface area contributed by atoms with Gasteiger partial charge in [0.05, 0.1) is 12.1 Å². The van der Waals surface area contributed by atoms with Gasteiger partial charge in [-0.25, -0.2) is 0 Å². The first-order chi connectivity index (χ1) is 9.70. The Hall–Kier alpha value is -2.30. The molecule has 0 atom stereocenters. The molecular formula is C15H20N4O. The minimum atomic E-state index is -0.0619. The molecule has 0 aliphatic carbocycles. The van der Waals surface area contributed by atoms with Crippen molar-refractivity contribution >= 4 is 11.6 Å². The minimum absolute atomic E-state index is 0.0619. The highest BCUT2D eigenvalue weighted by molar-refractivity contribution is 5.99. The van der Waals surface area contributed by atoms with E-state index in [1.165, 1.54) is 0 Å². The van der Waals surface area contributed by atoms with Crippen molar-refractivity contribution in [1.82, 2.24) is 15.1 Å². The zero-order valence-electron chi connectivity index (χ0n) is 11.9. The predicted octanol–water partition coefficient (Wildman–Crippen LogP) is 2.05. The van der Waals surface area contributed by atoms with Gasteiger partial charge in [0.1, 0.15) is 0 Å². The summed E-state index contributed by atoms with van der Waals surface area (Å²) in [6, 6.07) is 7.66. The molecule has 1 heterocycles. The van der Waals surface area contributed by atoms with Crippen molar-refractivity contribution in [2.75, 3.05) is 18.4 Å². The van der Waals surface area contributed by atoms with E-state index >= 15 is 0 Å². The number of benzene rings is 1. The van der Waals surface area contributed by atoms with Gasteiger partial charge in [0.25, 0.3) is 5.91 Å². The first-order valence-corrected chi connectivity index (χ1v) is 6.81. The van der Waals surface area contributed by atoms with E-state index in [2.05, 4.69) is 15.7 Å². The van der Waals surface area contributed by atoms with Crippen LogP contribution < -0.4 is 10.6 Å². The molecule has 5 nitrogen and oxygen atoms in total. The second-order valence-corrected chi connectivity index (χ2v) is 4.60. The number of hydrogen-bond acceptors (Lipinski definition) is 3. The van der Waals surface area contributed by atoms with Crippen LogP contribution in [0.2, 0.25) is 0 Å². The summed E-state index contributed by atoms with van der Waals surface area (Å²) in [4.78, 5) is 12.2. The van der Waals surface area contributed by atoms with Gasteiger partial charge in [-0.3, -0.25) is 9.48 Å². The second-order valence-electron chi connectivity index (χ2n) is 4.60. The molecule has 1 aromatic carbocycles. The smallest absolute Gasteiger partial charge is 0.253 e. The number of aromatic nitrogens is 2. The van der Waals surface area contributed by atoms with Crippen LogP contribution in [0.3, 0.4) is 0 Å². The molecule has 2 N–H and O–H groups in total. The van der Waals surface area contributed by atoms with Crippen molar-refractivity contribution in [2.24, 2.45) is 0 Å². The number of carbonyl (C=O) groups is 1. The quantitative estimate of drug-likeness (QED) is 0.846. The molecule has 5 heteroatoms. The van der Waals surface area contributed by atoms with Crippen LogP contribution in [0.4, 0.5) is 5.69 Å². The van der Waals surface area contributed by atoms with Crippen LogP contribution in [0, 0.1) is 6.92 Å². The highest BCUT2D eigenvalue weighted by Gasteiger charge is 2.10. The molecule has 0 saturated heterocycles. The van der Waals surface area contributed by atoms with Crippen LogP contribution in [-0.4, -0.2) is 28.8 Å². The molecule has 0 bridgehead atoms. The van der Waals surface area contributed by atoms with Gasteiger partial charge in [-0.15, -0.1) is 0 Å². The second kappa shape index (κ2) is 6.75. The lowest BCUT2D eigenvalue weighted by Crippen LogP contribution is -2.28. The Bertz CT molecular complexity index is 563. The van der Waals surface area contributed by atoms with Gasteiger partial charge in [0, 0.05) is 31.2 Å². The summed E-state index contributed by atoms with van der Waals surface area (Å²) < 4.78 is 1.79. The third-order valence-corrected chi connectivity index (χ3v) is 2.97. The summed E-state index contributed by atoms with van der Waals surface area (Å²) in [6.45, 7) is 6.04. The van der Waals surface area contributed by atoms with E-state index in [1.807, 2.05) is 44.3 Å². The summed E-state index contributed by atoms with van der Waals surface area (Å²) in [6.07, 6.45) is 3.60. The lowest BCUT2D eigenvalue weighted by Gasteiger charge is -2.12. The number of aryl methyl sites for hydroxylation is 1. The van der Waals surface area contributed by atoms with Crippen LogP contribution in [0.5, 0.6) is 0 Å². The molecule has 106 valence electrons. The predicted molar refractivity (Wildman–Crippen MR) is 79.9 cm³/mol. The molecule has 0 spiro atoms. The maximum absolute atomic E-state index is 12.2. The zero-order valence-corrected chi connectivity index (χ0v) is 11.9. The lowest BCUT2D eigenvalue weighted by atomic mass is 10.1. The maximum Gasteiger partial charge on any atom is 0.253 e. The average molecular weight is 272 g/mol. The van der Waals surface area contributed by atoms with E-state index in [1.54, 1.807) is 10.9 Å². The first-order valence-electron chi connectivity index (χ1n) is 6.81. The minimum Gasteiger partial charge on any atom is -0.385 e. The monoisotopic (exact) mass is 272 g/mol. The Balaban J connectivity index is 1.97. The summed E-state index contributed by atoms with van der Waals surface area (Å²) in [5.41, 5.74) is 2.69. The first kappa shape index (κ1) is 14.1. The fourth-order valence-corrected chi connectivity index (χ4v) is 2.00. The van der Waals surface area contributed by atoms with E-state index in [4.69, 9.17) is 0 Å². The summed E-state index contributed by atoms with van der Waals surface area (Å²) in [7, 11) is 0. The fraction of sp³-hybridized carbons (Fsp3) is 0.333. The number of hydrogen-bond donors (Lipinski definition) is 2. The number of nitrogens with one attached hydrogen (secondary N) is 2.